The Bertz CT molecular complexity index is 2380. The Kier molecular flexibility index (Phi) is 20.7. The zero-order chi connectivity index (χ0) is 52.9. The lowest BCUT2D eigenvalue weighted by Gasteiger charge is -2.33. The number of nitrogens with one attached hydrogen (secondary N) is 3. The smallest absolute Gasteiger partial charge is 0.316 e. The van der Waals surface area contributed by atoms with Gasteiger partial charge in [-0.1, -0.05) is 180 Å². The molecule has 400 valence electrons. The average molecular weight is 1030 g/mol. The Morgan fingerprint density at radius 3 is 1.38 bits per heavy atom. The van der Waals surface area contributed by atoms with Crippen molar-refractivity contribution < 1.29 is 26.3 Å². The van der Waals surface area contributed by atoms with Crippen molar-refractivity contribution in [2.45, 2.75) is 210 Å². The van der Waals surface area contributed by atoms with E-state index < -0.39 is 22.5 Å². The van der Waals surface area contributed by atoms with Gasteiger partial charge in [-0.05, 0) is 101 Å². The minimum absolute atomic E-state index is 0.0783. The number of unbranched alkanes of at least 4 members (excludes halogenated alkanes) is 10. The summed E-state index contributed by atoms with van der Waals surface area (Å²) in [4.78, 5) is 4.86. The molecule has 3 aromatic carbocycles. The van der Waals surface area contributed by atoms with Crippen molar-refractivity contribution in [2.75, 3.05) is 22.7 Å². The predicted molar refractivity (Wildman–Crippen MR) is 301 cm³/mol. The van der Waals surface area contributed by atoms with Gasteiger partial charge < -0.3 is 17.8 Å². The molecule has 2 unspecified atom stereocenters. The molecule has 2 atom stereocenters. The van der Waals surface area contributed by atoms with Crippen molar-refractivity contribution in [2.24, 2.45) is 10.8 Å². The third-order valence-corrected chi connectivity index (χ3v) is 14.2. The molecule has 72 heavy (non-hydrogen) atoms. The number of benzene rings is 3. The Morgan fingerprint density at radius 2 is 0.972 bits per heavy atom. The molecule has 0 saturated heterocycles. The van der Waals surface area contributed by atoms with Gasteiger partial charge in [-0.25, -0.2) is 4.98 Å². The first kappa shape index (κ1) is 58.3. The normalized spacial score (nSPS) is 13.5. The number of anilines is 2. The Hall–Kier alpha value is -4.56. The van der Waals surface area contributed by atoms with E-state index in [9.17, 15) is 8.42 Å². The molecular formula is C58H90N6O6S2. The lowest BCUT2D eigenvalue weighted by atomic mass is 9.72. The molecule has 5 aromatic rings. The van der Waals surface area contributed by atoms with Crippen molar-refractivity contribution in [1.29, 1.82) is 0 Å². The number of fused-ring (bicyclic) bond motifs is 1. The molecule has 0 amide bonds. The van der Waals surface area contributed by atoms with Crippen LogP contribution in [0.1, 0.15) is 211 Å². The number of aromatic amines is 1. The molecule has 0 bridgehead atoms. The van der Waals surface area contributed by atoms with Crippen LogP contribution in [0.25, 0.3) is 17.0 Å². The molecule has 0 aliphatic rings. The van der Waals surface area contributed by atoms with Crippen LogP contribution in [0.2, 0.25) is 0 Å². The fraction of sp³-hybridized carbons (Fsp3) is 0.621. The van der Waals surface area contributed by atoms with Crippen LogP contribution in [0.4, 0.5) is 11.4 Å². The number of hydrogen-bond donors (Lipinski definition) is 3. The highest BCUT2D eigenvalue weighted by Gasteiger charge is 2.30. The highest BCUT2D eigenvalue weighted by atomic mass is 32.2. The van der Waals surface area contributed by atoms with E-state index in [-0.39, 0.29) is 27.1 Å². The Morgan fingerprint density at radius 1 is 0.542 bits per heavy atom. The summed E-state index contributed by atoms with van der Waals surface area (Å²) >= 11 is -4.20. The van der Waals surface area contributed by atoms with Gasteiger partial charge in [0, 0.05) is 22.7 Å². The maximum Gasteiger partial charge on any atom is 0.316 e. The third kappa shape index (κ3) is 18.4. The van der Waals surface area contributed by atoms with Crippen molar-refractivity contribution in [3.8, 4) is 34.4 Å². The monoisotopic (exact) mass is 1030 g/mol. The SMILES string of the molecule is CCCCCCCCOc1ccc(C(C)(C)CC(C)(C)C)cc1OS(=O)Nc1cc(NS(=O)Oc2cc(C(C)(C)CC(C)(C)C)ccc2OCCCCCCCC)cc(-c2nc3cc(C(C)(C)C)[nH]n3n2)c1. The van der Waals surface area contributed by atoms with Gasteiger partial charge in [-0.15, -0.1) is 5.10 Å². The van der Waals surface area contributed by atoms with Crippen molar-refractivity contribution in [1.82, 2.24) is 19.8 Å². The van der Waals surface area contributed by atoms with Gasteiger partial charge in [-0.2, -0.15) is 13.0 Å². The second kappa shape index (κ2) is 25.6. The fourth-order valence-electron chi connectivity index (χ4n) is 9.77. The first-order valence-corrected chi connectivity index (χ1v) is 28.8. The molecule has 3 N–H and O–H groups in total. The molecule has 0 fully saturated rings. The highest BCUT2D eigenvalue weighted by Crippen LogP contribution is 2.42. The Balaban J connectivity index is 1.46. The molecular weight excluding hydrogens is 941 g/mol. The van der Waals surface area contributed by atoms with Crippen LogP contribution in [-0.4, -0.2) is 41.4 Å². The molecule has 0 radical (unpaired) electrons. The minimum Gasteiger partial charge on any atom is -0.490 e. The molecule has 12 nitrogen and oxygen atoms in total. The Labute approximate surface area is 438 Å². The third-order valence-electron chi connectivity index (χ3n) is 12.8. The molecule has 0 saturated carbocycles. The molecule has 2 aromatic heterocycles. The maximum atomic E-state index is 14.2. The molecule has 2 heterocycles. The number of rotatable bonds is 29. The molecule has 0 aliphatic heterocycles. The van der Waals surface area contributed by atoms with E-state index >= 15 is 0 Å². The van der Waals surface area contributed by atoms with Crippen molar-refractivity contribution in [3.05, 3.63) is 77.5 Å². The van der Waals surface area contributed by atoms with E-state index in [1.165, 1.54) is 51.4 Å². The van der Waals surface area contributed by atoms with E-state index in [1.807, 2.05) is 30.3 Å². The quantitative estimate of drug-likeness (QED) is 0.0402. The number of H-pyrrole nitrogens is 1. The summed E-state index contributed by atoms with van der Waals surface area (Å²) < 4.78 is 61.4. The van der Waals surface area contributed by atoms with Gasteiger partial charge in [0.05, 0.1) is 24.6 Å². The number of ether oxygens (including phenoxy) is 2. The predicted octanol–water partition coefficient (Wildman–Crippen LogP) is 16.1. The molecule has 0 spiro atoms. The summed E-state index contributed by atoms with van der Waals surface area (Å²) in [7, 11) is 0. The van der Waals surface area contributed by atoms with E-state index in [0.29, 0.717) is 64.6 Å². The van der Waals surface area contributed by atoms with Crippen LogP contribution in [0.3, 0.4) is 0 Å². The summed E-state index contributed by atoms with van der Waals surface area (Å²) in [5.74, 6) is 2.25. The van der Waals surface area contributed by atoms with Gasteiger partial charge in [0.15, 0.2) is 34.5 Å². The fourth-order valence-corrected chi connectivity index (χ4v) is 11.1. The van der Waals surface area contributed by atoms with Crippen LogP contribution >= 0.6 is 0 Å². The standard InChI is InChI=1S/C58H90N6O6S2/c1-16-18-20-22-24-26-32-67-47-30-28-43(57(12,13)40-54(3,4)5)36-49(47)69-71(65)62-45-34-42(53-59-52-39-51(56(9,10)11)60-64(52)61-53)35-46(38-45)63-72(66)70-50-37-44(58(14,15)41-55(6,7)8)29-31-48(50)68-33-27-25-23-21-19-17-2/h28-31,34-39,60,62-63H,16-27,32-33,40-41H2,1-15H3. The van der Waals surface area contributed by atoms with Crippen LogP contribution in [-0.2, 0) is 38.8 Å². The molecule has 0 aliphatic carbocycles. The van der Waals surface area contributed by atoms with E-state index in [4.69, 9.17) is 27.9 Å². The zero-order valence-corrected chi connectivity index (χ0v) is 48.3. The van der Waals surface area contributed by atoms with Gasteiger partial charge in [0.1, 0.15) is 0 Å². The molecule has 5 rings (SSSR count). The number of aromatic nitrogens is 4. The van der Waals surface area contributed by atoms with E-state index in [1.54, 1.807) is 22.8 Å². The summed E-state index contributed by atoms with van der Waals surface area (Å²) in [6, 6.07) is 19.2. The summed E-state index contributed by atoms with van der Waals surface area (Å²) in [5.41, 5.74) is 4.77. The second-order valence-electron chi connectivity index (χ2n) is 24.6. The first-order valence-electron chi connectivity index (χ1n) is 26.7. The number of hydrogen-bond acceptors (Lipinski definition) is 8. The lowest BCUT2D eigenvalue weighted by Crippen LogP contribution is -2.25. The highest BCUT2D eigenvalue weighted by molar-refractivity contribution is 7.82. The summed E-state index contributed by atoms with van der Waals surface area (Å²) in [6.07, 6.45) is 15.5. The maximum absolute atomic E-state index is 14.2. The average Bonchev–Trinajstić information content (AvgIpc) is 3.86. The van der Waals surface area contributed by atoms with Crippen molar-refractivity contribution in [3.63, 3.8) is 0 Å². The van der Waals surface area contributed by atoms with Crippen LogP contribution in [0, 0.1) is 10.8 Å². The van der Waals surface area contributed by atoms with Crippen LogP contribution in [0.5, 0.6) is 23.0 Å². The van der Waals surface area contributed by atoms with Gasteiger partial charge in [0.2, 0.25) is 0 Å². The van der Waals surface area contributed by atoms with E-state index in [0.717, 1.165) is 55.3 Å². The zero-order valence-electron chi connectivity index (χ0n) is 46.7. The van der Waals surface area contributed by atoms with Crippen LogP contribution < -0.4 is 27.3 Å². The van der Waals surface area contributed by atoms with Gasteiger partial charge in [-0.3, -0.25) is 14.5 Å². The second-order valence-corrected chi connectivity index (χ2v) is 26.2. The first-order chi connectivity index (χ1) is 33.7. The topological polar surface area (TPSA) is 141 Å². The summed E-state index contributed by atoms with van der Waals surface area (Å²) in [6.45, 7) is 34.2. The molecule has 14 heteroatoms. The summed E-state index contributed by atoms with van der Waals surface area (Å²) in [5, 5.41) is 8.14. The lowest BCUT2D eigenvalue weighted by molar-refractivity contribution is 0.281. The van der Waals surface area contributed by atoms with E-state index in [2.05, 4.69) is 131 Å². The van der Waals surface area contributed by atoms with Gasteiger partial charge in [0.25, 0.3) is 0 Å². The van der Waals surface area contributed by atoms with Gasteiger partial charge >= 0.3 is 22.5 Å². The largest absolute Gasteiger partial charge is 0.490 e. The minimum atomic E-state index is -2.10. The van der Waals surface area contributed by atoms with Crippen molar-refractivity contribution >= 4 is 39.6 Å². The van der Waals surface area contributed by atoms with Crippen LogP contribution in [0.15, 0.2) is 60.7 Å². The number of nitrogens with zero attached hydrogens (tertiary/aromatic N) is 3.